The summed E-state index contributed by atoms with van der Waals surface area (Å²) in [4.78, 5) is 38.4. The van der Waals surface area contributed by atoms with Gasteiger partial charge in [0.05, 0.1) is 11.5 Å². The molecule has 158 valence electrons. The molecular weight excluding hydrogens is 392 g/mol. The fraction of sp³-hybridized carbons (Fsp3) is 0.346. The number of carbonyl (C=O) groups excluding carboxylic acids is 3. The van der Waals surface area contributed by atoms with Gasteiger partial charge in [-0.1, -0.05) is 54.5 Å². The van der Waals surface area contributed by atoms with Gasteiger partial charge in [0.15, 0.2) is 5.78 Å². The van der Waals surface area contributed by atoms with Gasteiger partial charge in [-0.15, -0.1) is 0 Å². The molecule has 0 aromatic heterocycles. The minimum atomic E-state index is -0.545. The Labute approximate surface area is 180 Å². The molecular formula is C26H24O5. The fourth-order valence-corrected chi connectivity index (χ4v) is 5.51. The summed E-state index contributed by atoms with van der Waals surface area (Å²) >= 11 is 0. The molecule has 5 atom stereocenters. The van der Waals surface area contributed by atoms with Crippen molar-refractivity contribution >= 4 is 28.5 Å². The largest absolute Gasteiger partial charge is 0.461 e. The lowest BCUT2D eigenvalue weighted by molar-refractivity contribution is -0.144. The summed E-state index contributed by atoms with van der Waals surface area (Å²) in [6.07, 6.45) is 1.01. The monoisotopic (exact) mass is 416 g/mol. The molecule has 3 aliphatic rings. The number of esters is 2. The zero-order chi connectivity index (χ0) is 21.9. The van der Waals surface area contributed by atoms with E-state index in [0.717, 1.165) is 21.9 Å². The second kappa shape index (κ2) is 7.19. The molecule has 5 nitrogen and oxygen atoms in total. The summed E-state index contributed by atoms with van der Waals surface area (Å²) in [5.74, 6) is -1.73. The van der Waals surface area contributed by atoms with E-state index < -0.39 is 24.1 Å². The van der Waals surface area contributed by atoms with Crippen LogP contribution in [0.5, 0.6) is 0 Å². The molecule has 0 N–H and O–H groups in total. The number of fused-ring (bicyclic) bond motifs is 4. The third kappa shape index (κ3) is 3.02. The van der Waals surface area contributed by atoms with Crippen molar-refractivity contribution in [1.29, 1.82) is 0 Å². The lowest BCUT2D eigenvalue weighted by Crippen LogP contribution is -2.38. The normalized spacial score (nSPS) is 29.9. The van der Waals surface area contributed by atoms with Crippen LogP contribution in [0.1, 0.15) is 37.6 Å². The molecule has 1 heterocycles. The number of hydrogen-bond donors (Lipinski definition) is 0. The molecule has 31 heavy (non-hydrogen) atoms. The van der Waals surface area contributed by atoms with Crippen LogP contribution in [0.15, 0.2) is 65.3 Å². The number of ether oxygens (including phenoxy) is 2. The van der Waals surface area contributed by atoms with Crippen molar-refractivity contribution in [3.05, 3.63) is 70.8 Å². The average Bonchev–Trinajstić information content (AvgIpc) is 3.16. The minimum absolute atomic E-state index is 0.0321. The highest BCUT2D eigenvalue weighted by Crippen LogP contribution is 2.48. The highest BCUT2D eigenvalue weighted by atomic mass is 16.6. The molecule has 1 aliphatic heterocycles. The SMILES string of the molecule is CC1=CC(=O)C2=C(C)CC(OC(=O)c3cccc4ccccc34)[C@@H]3[C@H](OC(=O)[C@@H]3C)[C@@H]12. The summed E-state index contributed by atoms with van der Waals surface area (Å²) in [6.45, 7) is 5.64. The molecule has 0 spiro atoms. The van der Waals surface area contributed by atoms with Crippen LogP contribution in [-0.4, -0.2) is 29.9 Å². The van der Waals surface area contributed by atoms with Crippen LogP contribution < -0.4 is 0 Å². The summed E-state index contributed by atoms with van der Waals surface area (Å²) in [6, 6.07) is 13.2. The van der Waals surface area contributed by atoms with E-state index in [0.29, 0.717) is 17.6 Å². The molecule has 0 amide bonds. The summed E-state index contributed by atoms with van der Waals surface area (Å²) < 4.78 is 11.8. The maximum absolute atomic E-state index is 13.3. The lowest BCUT2D eigenvalue weighted by atomic mass is 9.79. The van der Waals surface area contributed by atoms with Gasteiger partial charge in [-0.2, -0.15) is 0 Å². The fourth-order valence-electron chi connectivity index (χ4n) is 5.51. The Bertz CT molecular complexity index is 1180. The van der Waals surface area contributed by atoms with Gasteiger partial charge in [0.25, 0.3) is 0 Å². The number of carbonyl (C=O) groups is 3. The second-order valence-corrected chi connectivity index (χ2v) is 8.87. The molecule has 5 rings (SSSR count). The van der Waals surface area contributed by atoms with Crippen LogP contribution in [0.2, 0.25) is 0 Å². The number of hydrogen-bond acceptors (Lipinski definition) is 5. The first kappa shape index (κ1) is 19.7. The first-order chi connectivity index (χ1) is 14.9. The van der Waals surface area contributed by atoms with E-state index in [9.17, 15) is 14.4 Å². The molecule has 0 saturated carbocycles. The van der Waals surface area contributed by atoms with E-state index in [2.05, 4.69) is 0 Å². The predicted molar refractivity (Wildman–Crippen MR) is 115 cm³/mol. The Kier molecular flexibility index (Phi) is 4.58. The smallest absolute Gasteiger partial charge is 0.339 e. The van der Waals surface area contributed by atoms with E-state index in [1.807, 2.05) is 57.2 Å². The molecule has 2 aromatic carbocycles. The minimum Gasteiger partial charge on any atom is -0.461 e. The van der Waals surface area contributed by atoms with Crippen molar-refractivity contribution in [2.24, 2.45) is 17.8 Å². The van der Waals surface area contributed by atoms with Crippen LogP contribution >= 0.6 is 0 Å². The van der Waals surface area contributed by atoms with Gasteiger partial charge in [-0.05, 0) is 36.8 Å². The first-order valence-corrected chi connectivity index (χ1v) is 10.7. The lowest BCUT2D eigenvalue weighted by Gasteiger charge is -2.29. The van der Waals surface area contributed by atoms with E-state index in [-0.39, 0.29) is 23.6 Å². The van der Waals surface area contributed by atoms with E-state index >= 15 is 0 Å². The maximum atomic E-state index is 13.3. The summed E-state index contributed by atoms with van der Waals surface area (Å²) in [5, 5.41) is 1.79. The van der Waals surface area contributed by atoms with Crippen LogP contribution in [-0.2, 0) is 19.1 Å². The third-order valence-corrected chi connectivity index (χ3v) is 7.00. The number of allylic oxidation sites excluding steroid dienone is 1. The zero-order valence-corrected chi connectivity index (χ0v) is 17.8. The van der Waals surface area contributed by atoms with Gasteiger partial charge >= 0.3 is 11.9 Å². The van der Waals surface area contributed by atoms with E-state index in [1.54, 1.807) is 12.1 Å². The predicted octanol–water partition coefficient (Wildman–Crippen LogP) is 4.41. The van der Waals surface area contributed by atoms with Crippen molar-refractivity contribution in [3.8, 4) is 0 Å². The Morgan fingerprint density at radius 3 is 2.61 bits per heavy atom. The number of benzene rings is 2. The van der Waals surface area contributed by atoms with Gasteiger partial charge in [0.1, 0.15) is 12.2 Å². The molecule has 2 aliphatic carbocycles. The van der Waals surface area contributed by atoms with Crippen LogP contribution in [0, 0.1) is 17.8 Å². The van der Waals surface area contributed by atoms with Crippen LogP contribution in [0.25, 0.3) is 10.8 Å². The first-order valence-electron chi connectivity index (χ1n) is 10.7. The zero-order valence-electron chi connectivity index (χ0n) is 17.8. The molecule has 0 bridgehead atoms. The topological polar surface area (TPSA) is 69.7 Å². The second-order valence-electron chi connectivity index (χ2n) is 8.87. The van der Waals surface area contributed by atoms with Crippen molar-refractivity contribution in [3.63, 3.8) is 0 Å². The van der Waals surface area contributed by atoms with Crippen molar-refractivity contribution < 1.29 is 23.9 Å². The Morgan fingerprint density at radius 1 is 1.06 bits per heavy atom. The Morgan fingerprint density at radius 2 is 1.81 bits per heavy atom. The quantitative estimate of drug-likeness (QED) is 0.679. The van der Waals surface area contributed by atoms with Gasteiger partial charge < -0.3 is 9.47 Å². The molecule has 0 radical (unpaired) electrons. The van der Waals surface area contributed by atoms with Gasteiger partial charge in [-0.3, -0.25) is 9.59 Å². The van der Waals surface area contributed by atoms with Gasteiger partial charge in [0, 0.05) is 23.8 Å². The van der Waals surface area contributed by atoms with Crippen LogP contribution in [0.4, 0.5) is 0 Å². The van der Waals surface area contributed by atoms with Crippen molar-refractivity contribution in [2.45, 2.75) is 39.4 Å². The van der Waals surface area contributed by atoms with Gasteiger partial charge in [-0.25, -0.2) is 4.79 Å². The van der Waals surface area contributed by atoms with E-state index in [1.165, 1.54) is 0 Å². The van der Waals surface area contributed by atoms with Crippen LogP contribution in [0.3, 0.4) is 0 Å². The molecule has 1 saturated heterocycles. The number of rotatable bonds is 2. The molecule has 1 unspecified atom stereocenters. The summed E-state index contributed by atoms with van der Waals surface area (Å²) in [5.41, 5.74) is 2.99. The Balaban J connectivity index is 1.53. The Hall–Kier alpha value is -3.21. The summed E-state index contributed by atoms with van der Waals surface area (Å²) in [7, 11) is 0. The van der Waals surface area contributed by atoms with E-state index in [4.69, 9.17) is 9.47 Å². The standard InChI is InChI=1S/C26H24O5/c1-13-11-19(27)21-14(2)12-20(23-15(3)25(28)31-24(23)22(13)21)30-26(29)18-10-6-8-16-7-4-5-9-17(16)18/h4-11,15,20,22-24H,12H2,1-3H3/t15-,20?,22+,23-,24-/m1/s1. The van der Waals surface area contributed by atoms with Crippen molar-refractivity contribution in [2.75, 3.05) is 0 Å². The highest BCUT2D eigenvalue weighted by Gasteiger charge is 2.55. The molecule has 2 aromatic rings. The van der Waals surface area contributed by atoms with Crippen molar-refractivity contribution in [1.82, 2.24) is 0 Å². The maximum Gasteiger partial charge on any atom is 0.339 e. The van der Waals surface area contributed by atoms with Gasteiger partial charge in [0.2, 0.25) is 0 Å². The number of ketones is 1. The highest BCUT2D eigenvalue weighted by molar-refractivity contribution is 6.09. The molecule has 5 heteroatoms. The average molecular weight is 416 g/mol. The third-order valence-electron chi connectivity index (χ3n) is 7.00. The molecule has 1 fully saturated rings.